The Morgan fingerprint density at radius 2 is 2.04 bits per heavy atom. The topological polar surface area (TPSA) is 52.9 Å². The first kappa shape index (κ1) is 18.2. The maximum absolute atomic E-state index is 14.5. The number of hydrogen-bond donors (Lipinski definition) is 1. The van der Waals surface area contributed by atoms with Gasteiger partial charge in [-0.3, -0.25) is 4.79 Å². The molecule has 1 aliphatic rings. The van der Waals surface area contributed by atoms with Gasteiger partial charge in [0.25, 0.3) is 0 Å². The molecule has 2 aromatic carbocycles. The molecule has 1 amide bonds. The highest BCUT2D eigenvalue weighted by Crippen LogP contribution is 2.35. The van der Waals surface area contributed by atoms with Crippen molar-refractivity contribution in [2.45, 2.75) is 26.7 Å². The maximum atomic E-state index is 14.5. The summed E-state index contributed by atoms with van der Waals surface area (Å²) in [6.07, 6.45) is 1.58. The number of nitrogens with one attached hydrogen (secondary N) is 1. The molecule has 1 heterocycles. The van der Waals surface area contributed by atoms with Gasteiger partial charge in [-0.25, -0.2) is 4.39 Å². The SMILES string of the molecule is C/C(=C1/CCCNC1=O)c1cc(C#N)cc(-c2ccc(Cl)cc2F)c1C. The van der Waals surface area contributed by atoms with Crippen LogP contribution >= 0.6 is 11.6 Å². The van der Waals surface area contributed by atoms with E-state index in [2.05, 4.69) is 11.4 Å². The molecule has 0 unspecified atom stereocenters. The van der Waals surface area contributed by atoms with E-state index < -0.39 is 5.82 Å². The molecule has 0 aliphatic carbocycles. The minimum atomic E-state index is -0.442. The van der Waals surface area contributed by atoms with Crippen molar-refractivity contribution in [1.29, 1.82) is 5.26 Å². The molecule has 0 bridgehead atoms. The zero-order valence-electron chi connectivity index (χ0n) is 14.6. The van der Waals surface area contributed by atoms with E-state index in [1.807, 2.05) is 13.8 Å². The average molecular weight is 369 g/mol. The summed E-state index contributed by atoms with van der Waals surface area (Å²) >= 11 is 5.86. The van der Waals surface area contributed by atoms with E-state index >= 15 is 0 Å². The molecule has 0 saturated carbocycles. The first-order valence-corrected chi connectivity index (χ1v) is 8.78. The Morgan fingerprint density at radius 3 is 2.69 bits per heavy atom. The molecule has 1 aliphatic heterocycles. The molecule has 132 valence electrons. The molecule has 1 fully saturated rings. The van der Waals surface area contributed by atoms with Gasteiger partial charge in [-0.2, -0.15) is 5.26 Å². The van der Waals surface area contributed by atoms with Crippen molar-refractivity contribution in [1.82, 2.24) is 5.32 Å². The largest absolute Gasteiger partial charge is 0.352 e. The number of rotatable bonds is 2. The fourth-order valence-corrected chi connectivity index (χ4v) is 3.52. The normalized spacial score (nSPS) is 16.0. The molecule has 0 radical (unpaired) electrons. The number of carbonyl (C=O) groups is 1. The smallest absolute Gasteiger partial charge is 0.247 e. The zero-order chi connectivity index (χ0) is 18.8. The Bertz CT molecular complexity index is 973. The number of nitriles is 1. The Balaban J connectivity index is 2.23. The van der Waals surface area contributed by atoms with Gasteiger partial charge in [0.1, 0.15) is 5.82 Å². The Hall–Kier alpha value is -2.64. The van der Waals surface area contributed by atoms with E-state index in [1.165, 1.54) is 6.07 Å². The van der Waals surface area contributed by atoms with Crippen LogP contribution in [-0.2, 0) is 4.79 Å². The fourth-order valence-electron chi connectivity index (χ4n) is 3.36. The van der Waals surface area contributed by atoms with Gasteiger partial charge in [-0.15, -0.1) is 0 Å². The summed E-state index contributed by atoms with van der Waals surface area (Å²) in [5.41, 5.74) is 4.60. The van der Waals surface area contributed by atoms with Crippen molar-refractivity contribution in [3.8, 4) is 17.2 Å². The van der Waals surface area contributed by atoms with Crippen LogP contribution in [0.4, 0.5) is 4.39 Å². The molecular formula is C21H18ClFN2O. The Kier molecular flexibility index (Phi) is 5.11. The number of carbonyl (C=O) groups excluding carboxylic acids is 1. The summed E-state index contributed by atoms with van der Waals surface area (Å²) in [6, 6.07) is 10.1. The molecule has 0 aromatic heterocycles. The van der Waals surface area contributed by atoms with Gasteiger partial charge in [-0.1, -0.05) is 11.6 Å². The summed E-state index contributed by atoms with van der Waals surface area (Å²) in [6.45, 7) is 4.43. The molecule has 5 heteroatoms. The first-order valence-electron chi connectivity index (χ1n) is 8.41. The summed E-state index contributed by atoms with van der Waals surface area (Å²) < 4.78 is 14.5. The van der Waals surface area contributed by atoms with Gasteiger partial charge in [-0.05, 0) is 79.3 Å². The lowest BCUT2D eigenvalue weighted by Crippen LogP contribution is -2.31. The third-order valence-corrected chi connectivity index (χ3v) is 5.01. The highest BCUT2D eigenvalue weighted by atomic mass is 35.5. The third kappa shape index (κ3) is 3.36. The minimum absolute atomic E-state index is 0.0743. The number of amides is 1. The van der Waals surface area contributed by atoms with Crippen molar-refractivity contribution in [2.24, 2.45) is 0 Å². The lowest BCUT2D eigenvalue weighted by atomic mass is 9.87. The average Bonchev–Trinajstić information content (AvgIpc) is 2.62. The van der Waals surface area contributed by atoms with Gasteiger partial charge in [0.05, 0.1) is 11.6 Å². The second-order valence-corrected chi connectivity index (χ2v) is 6.83. The Morgan fingerprint density at radius 1 is 1.27 bits per heavy atom. The number of piperidine rings is 1. The van der Waals surface area contributed by atoms with Gasteiger partial charge in [0.2, 0.25) is 5.91 Å². The van der Waals surface area contributed by atoms with Gasteiger partial charge in [0, 0.05) is 22.7 Å². The monoisotopic (exact) mass is 368 g/mol. The summed E-state index contributed by atoms with van der Waals surface area (Å²) in [5, 5.41) is 12.6. The maximum Gasteiger partial charge on any atom is 0.247 e. The van der Waals surface area contributed by atoms with Crippen molar-refractivity contribution in [3.63, 3.8) is 0 Å². The van der Waals surface area contributed by atoms with Crippen LogP contribution in [0, 0.1) is 24.1 Å². The highest BCUT2D eigenvalue weighted by molar-refractivity contribution is 6.30. The molecule has 26 heavy (non-hydrogen) atoms. The van der Waals surface area contributed by atoms with Crippen molar-refractivity contribution >= 4 is 23.1 Å². The van der Waals surface area contributed by atoms with Crippen LogP contribution in [0.1, 0.15) is 36.5 Å². The summed E-state index contributed by atoms with van der Waals surface area (Å²) in [5.74, 6) is -0.517. The molecule has 0 spiro atoms. The number of halogens is 2. The van der Waals surface area contributed by atoms with Gasteiger partial charge >= 0.3 is 0 Å². The van der Waals surface area contributed by atoms with E-state index in [4.69, 9.17) is 11.6 Å². The van der Waals surface area contributed by atoms with E-state index in [0.29, 0.717) is 34.7 Å². The van der Waals surface area contributed by atoms with Crippen molar-refractivity contribution < 1.29 is 9.18 Å². The molecular weight excluding hydrogens is 351 g/mol. The number of allylic oxidation sites excluding steroid dienone is 1. The molecule has 1 saturated heterocycles. The third-order valence-electron chi connectivity index (χ3n) is 4.78. The van der Waals surface area contributed by atoms with E-state index in [0.717, 1.165) is 28.7 Å². The van der Waals surface area contributed by atoms with Crippen LogP contribution in [0.25, 0.3) is 16.7 Å². The zero-order valence-corrected chi connectivity index (χ0v) is 15.4. The second kappa shape index (κ2) is 7.31. The standard InChI is InChI=1S/C21H18ClFN2O/c1-12(16-4-3-7-25-21(16)26)18-8-14(11-24)9-19(13(18)2)17-6-5-15(22)10-20(17)23/h5-6,8-10H,3-4,7H2,1-2H3,(H,25,26)/b16-12+. The van der Waals surface area contributed by atoms with Crippen LogP contribution < -0.4 is 5.32 Å². The molecule has 3 nitrogen and oxygen atoms in total. The first-order chi connectivity index (χ1) is 12.4. The number of nitrogens with zero attached hydrogens (tertiary/aromatic N) is 1. The molecule has 3 rings (SSSR count). The van der Waals surface area contributed by atoms with E-state index in [9.17, 15) is 14.4 Å². The number of hydrogen-bond acceptors (Lipinski definition) is 2. The lowest BCUT2D eigenvalue weighted by Gasteiger charge is -2.20. The minimum Gasteiger partial charge on any atom is -0.352 e. The van der Waals surface area contributed by atoms with Crippen LogP contribution in [0.2, 0.25) is 5.02 Å². The van der Waals surface area contributed by atoms with Crippen LogP contribution in [-0.4, -0.2) is 12.5 Å². The predicted molar refractivity (Wildman–Crippen MR) is 101 cm³/mol. The lowest BCUT2D eigenvalue weighted by molar-refractivity contribution is -0.118. The van der Waals surface area contributed by atoms with Gasteiger partial charge in [0.15, 0.2) is 0 Å². The van der Waals surface area contributed by atoms with Gasteiger partial charge < -0.3 is 5.32 Å². The van der Waals surface area contributed by atoms with Crippen LogP contribution in [0.15, 0.2) is 35.9 Å². The highest BCUT2D eigenvalue weighted by Gasteiger charge is 2.20. The Labute approximate surface area is 157 Å². The molecule has 2 aromatic rings. The number of benzene rings is 2. The van der Waals surface area contributed by atoms with E-state index in [1.54, 1.807) is 24.3 Å². The van der Waals surface area contributed by atoms with Crippen molar-refractivity contribution in [2.75, 3.05) is 6.54 Å². The molecule has 0 atom stereocenters. The van der Waals surface area contributed by atoms with Crippen LogP contribution in [0.3, 0.4) is 0 Å². The van der Waals surface area contributed by atoms with Crippen molar-refractivity contribution in [3.05, 3.63) is 63.4 Å². The quantitative estimate of drug-likeness (QED) is 0.757. The molecule has 1 N–H and O–H groups in total. The van der Waals surface area contributed by atoms with Crippen LogP contribution in [0.5, 0.6) is 0 Å². The second-order valence-electron chi connectivity index (χ2n) is 6.40. The summed E-state index contributed by atoms with van der Waals surface area (Å²) in [7, 11) is 0. The summed E-state index contributed by atoms with van der Waals surface area (Å²) in [4.78, 5) is 12.2. The fraction of sp³-hybridized carbons (Fsp3) is 0.238. The van der Waals surface area contributed by atoms with E-state index in [-0.39, 0.29) is 5.91 Å². The predicted octanol–water partition coefficient (Wildman–Crippen LogP) is 5.01.